The molecule has 2 rings (SSSR count). The Balaban J connectivity index is 2.01. The first-order chi connectivity index (χ1) is 9.71. The monoisotopic (exact) mass is 306 g/mol. The highest BCUT2D eigenvalue weighted by atomic mass is 35.5. The Morgan fingerprint density at radius 1 is 0.900 bits per heavy atom. The number of hydrogen-bond acceptors (Lipinski definition) is 0. The van der Waals surface area contributed by atoms with E-state index >= 15 is 0 Å². The normalized spacial score (nSPS) is 12.3. The molecule has 106 valence electrons. The second kappa shape index (κ2) is 7.71. The van der Waals surface area contributed by atoms with Crippen LogP contribution in [0.5, 0.6) is 0 Å². The molecule has 0 radical (unpaired) electrons. The lowest BCUT2D eigenvalue weighted by Gasteiger charge is -2.14. The molecule has 0 fully saturated rings. The first-order valence-electron chi connectivity index (χ1n) is 7.09. The van der Waals surface area contributed by atoms with Gasteiger partial charge in [0.25, 0.3) is 0 Å². The van der Waals surface area contributed by atoms with Crippen molar-refractivity contribution in [1.82, 2.24) is 0 Å². The van der Waals surface area contributed by atoms with E-state index in [-0.39, 0.29) is 0 Å². The van der Waals surface area contributed by atoms with Crippen molar-refractivity contribution in [2.45, 2.75) is 26.2 Å². The lowest BCUT2D eigenvalue weighted by atomic mass is 9.93. The van der Waals surface area contributed by atoms with Gasteiger partial charge in [-0.1, -0.05) is 54.9 Å². The fourth-order valence-corrected chi connectivity index (χ4v) is 2.85. The molecule has 0 spiro atoms. The van der Waals surface area contributed by atoms with E-state index in [1.807, 2.05) is 18.2 Å². The van der Waals surface area contributed by atoms with Crippen molar-refractivity contribution in [3.05, 3.63) is 70.2 Å². The Morgan fingerprint density at radius 3 is 2.15 bits per heavy atom. The average molecular weight is 307 g/mol. The SMILES string of the molecule is CCc1ccc(CC(CCl)Cc2cccc(Cl)c2)cc1. The van der Waals surface area contributed by atoms with Gasteiger partial charge in [-0.3, -0.25) is 0 Å². The van der Waals surface area contributed by atoms with Gasteiger partial charge in [0.05, 0.1) is 0 Å². The summed E-state index contributed by atoms with van der Waals surface area (Å²) in [7, 11) is 0. The molecule has 2 aromatic carbocycles. The Labute approximate surface area is 131 Å². The van der Waals surface area contributed by atoms with Crippen LogP contribution in [-0.2, 0) is 19.3 Å². The standard InChI is InChI=1S/C18H20Cl2/c1-2-14-6-8-15(9-7-14)10-17(13-19)11-16-4-3-5-18(20)12-16/h3-9,12,17H,2,10-11,13H2,1H3. The van der Waals surface area contributed by atoms with Crippen LogP contribution in [0.15, 0.2) is 48.5 Å². The second-order valence-corrected chi connectivity index (χ2v) is 5.97. The van der Waals surface area contributed by atoms with Crippen LogP contribution < -0.4 is 0 Å². The van der Waals surface area contributed by atoms with Gasteiger partial charge in [0, 0.05) is 10.9 Å². The first-order valence-corrected chi connectivity index (χ1v) is 8.00. The summed E-state index contributed by atoms with van der Waals surface area (Å²) >= 11 is 12.2. The summed E-state index contributed by atoms with van der Waals surface area (Å²) < 4.78 is 0. The van der Waals surface area contributed by atoms with E-state index in [0.29, 0.717) is 11.8 Å². The quantitative estimate of drug-likeness (QED) is 0.614. The molecule has 0 amide bonds. The van der Waals surface area contributed by atoms with E-state index in [2.05, 4.69) is 37.3 Å². The molecule has 0 heterocycles. The molecule has 0 aromatic heterocycles. The largest absolute Gasteiger partial charge is 0.126 e. The zero-order chi connectivity index (χ0) is 14.4. The minimum absolute atomic E-state index is 0.447. The van der Waals surface area contributed by atoms with Crippen LogP contribution in [0, 0.1) is 5.92 Å². The zero-order valence-electron chi connectivity index (χ0n) is 11.8. The highest BCUT2D eigenvalue weighted by Gasteiger charge is 2.10. The zero-order valence-corrected chi connectivity index (χ0v) is 13.3. The van der Waals surface area contributed by atoms with Crippen molar-refractivity contribution in [2.75, 3.05) is 5.88 Å². The molecular formula is C18H20Cl2. The van der Waals surface area contributed by atoms with Gasteiger partial charge in [0.15, 0.2) is 0 Å². The van der Waals surface area contributed by atoms with Gasteiger partial charge < -0.3 is 0 Å². The van der Waals surface area contributed by atoms with Gasteiger partial charge in [0.1, 0.15) is 0 Å². The molecule has 0 aliphatic heterocycles. The maximum atomic E-state index is 6.13. The van der Waals surface area contributed by atoms with E-state index in [1.54, 1.807) is 0 Å². The molecule has 1 atom stereocenters. The number of rotatable bonds is 6. The van der Waals surface area contributed by atoms with Gasteiger partial charge in [-0.2, -0.15) is 0 Å². The molecule has 0 aliphatic carbocycles. The first kappa shape index (κ1) is 15.4. The molecule has 20 heavy (non-hydrogen) atoms. The summed E-state index contributed by atoms with van der Waals surface area (Å²) in [4.78, 5) is 0. The number of benzene rings is 2. The number of halogens is 2. The van der Waals surface area contributed by atoms with E-state index in [0.717, 1.165) is 24.3 Å². The molecule has 1 unspecified atom stereocenters. The molecule has 0 aliphatic rings. The van der Waals surface area contributed by atoms with Crippen LogP contribution in [-0.4, -0.2) is 5.88 Å². The van der Waals surface area contributed by atoms with Crippen LogP contribution >= 0.6 is 23.2 Å². The predicted octanol–water partition coefficient (Wildman–Crippen LogP) is 5.54. The fourth-order valence-electron chi connectivity index (χ4n) is 2.42. The third-order valence-corrected chi connectivity index (χ3v) is 4.26. The molecule has 0 bridgehead atoms. The summed E-state index contributed by atoms with van der Waals surface area (Å²) in [6, 6.07) is 16.9. The molecule has 0 N–H and O–H groups in total. The van der Waals surface area contributed by atoms with Gasteiger partial charge in [-0.05, 0) is 54.0 Å². The molecule has 0 nitrogen and oxygen atoms in total. The van der Waals surface area contributed by atoms with E-state index < -0.39 is 0 Å². The Hall–Kier alpha value is -0.980. The maximum absolute atomic E-state index is 6.13. The van der Waals surface area contributed by atoms with Gasteiger partial charge >= 0.3 is 0 Å². The predicted molar refractivity (Wildman–Crippen MR) is 88.9 cm³/mol. The van der Waals surface area contributed by atoms with Crippen LogP contribution in [0.1, 0.15) is 23.6 Å². The topological polar surface area (TPSA) is 0 Å². The van der Waals surface area contributed by atoms with E-state index in [1.165, 1.54) is 16.7 Å². The maximum Gasteiger partial charge on any atom is 0.0408 e. The van der Waals surface area contributed by atoms with Gasteiger partial charge in [-0.25, -0.2) is 0 Å². The molecular weight excluding hydrogens is 287 g/mol. The van der Waals surface area contributed by atoms with Crippen LogP contribution in [0.3, 0.4) is 0 Å². The lowest BCUT2D eigenvalue weighted by molar-refractivity contribution is 0.584. The minimum atomic E-state index is 0.447. The molecule has 2 heteroatoms. The van der Waals surface area contributed by atoms with Crippen LogP contribution in [0.25, 0.3) is 0 Å². The number of aryl methyl sites for hydroxylation is 1. The van der Waals surface area contributed by atoms with Crippen molar-refractivity contribution in [2.24, 2.45) is 5.92 Å². The highest BCUT2D eigenvalue weighted by Crippen LogP contribution is 2.19. The average Bonchev–Trinajstić information content (AvgIpc) is 2.47. The van der Waals surface area contributed by atoms with Crippen LogP contribution in [0.4, 0.5) is 0 Å². The van der Waals surface area contributed by atoms with Crippen molar-refractivity contribution in [3.8, 4) is 0 Å². The smallest absolute Gasteiger partial charge is 0.0408 e. The third-order valence-electron chi connectivity index (χ3n) is 3.59. The number of alkyl halides is 1. The molecule has 2 aromatic rings. The van der Waals surface area contributed by atoms with Gasteiger partial charge in [-0.15, -0.1) is 11.6 Å². The Morgan fingerprint density at radius 2 is 1.55 bits per heavy atom. The fraction of sp³-hybridized carbons (Fsp3) is 0.333. The Bertz CT molecular complexity index is 531. The summed E-state index contributed by atoms with van der Waals surface area (Å²) in [5, 5.41) is 0.795. The molecule has 0 saturated heterocycles. The minimum Gasteiger partial charge on any atom is -0.126 e. The van der Waals surface area contributed by atoms with E-state index in [4.69, 9.17) is 23.2 Å². The van der Waals surface area contributed by atoms with Crippen LogP contribution in [0.2, 0.25) is 5.02 Å². The second-order valence-electron chi connectivity index (χ2n) is 5.23. The molecule has 0 saturated carbocycles. The van der Waals surface area contributed by atoms with Crippen molar-refractivity contribution < 1.29 is 0 Å². The Kier molecular flexibility index (Phi) is 5.94. The van der Waals surface area contributed by atoms with E-state index in [9.17, 15) is 0 Å². The summed E-state index contributed by atoms with van der Waals surface area (Å²) in [5.41, 5.74) is 3.99. The van der Waals surface area contributed by atoms with Crippen molar-refractivity contribution in [3.63, 3.8) is 0 Å². The third kappa shape index (κ3) is 4.54. The highest BCUT2D eigenvalue weighted by molar-refractivity contribution is 6.30. The van der Waals surface area contributed by atoms with Gasteiger partial charge in [0.2, 0.25) is 0 Å². The summed E-state index contributed by atoms with van der Waals surface area (Å²) in [5.74, 6) is 1.12. The summed E-state index contributed by atoms with van der Waals surface area (Å²) in [6.07, 6.45) is 3.07. The van der Waals surface area contributed by atoms with Crippen molar-refractivity contribution in [1.29, 1.82) is 0 Å². The van der Waals surface area contributed by atoms with Crippen molar-refractivity contribution >= 4 is 23.2 Å². The summed E-state index contributed by atoms with van der Waals surface area (Å²) in [6.45, 7) is 2.18. The number of hydrogen-bond donors (Lipinski definition) is 0. The lowest BCUT2D eigenvalue weighted by Crippen LogP contribution is -2.10.